The van der Waals surface area contributed by atoms with Crippen LogP contribution in [0.5, 0.6) is 0 Å². The van der Waals surface area contributed by atoms with Crippen molar-refractivity contribution < 1.29 is 18.8 Å². The highest BCUT2D eigenvalue weighted by atomic mass is 28.4. The number of carbonyl (C=O) groups is 2. The molecule has 0 spiro atoms. The maximum atomic E-state index is 13.3. The van der Waals surface area contributed by atoms with Gasteiger partial charge in [-0.3, -0.25) is 4.79 Å². The summed E-state index contributed by atoms with van der Waals surface area (Å²) >= 11 is 0. The van der Waals surface area contributed by atoms with E-state index in [4.69, 9.17) is 9.16 Å². The average molecular weight is 418 g/mol. The largest absolute Gasteiger partial charge is 0.459 e. The summed E-state index contributed by atoms with van der Waals surface area (Å²) in [6, 6.07) is 9.03. The third-order valence-corrected chi connectivity index (χ3v) is 10.4. The number of carbonyl (C=O) groups excluding carboxylic acids is 2. The second kappa shape index (κ2) is 9.72. The van der Waals surface area contributed by atoms with Crippen molar-refractivity contribution in [2.75, 3.05) is 6.54 Å². The highest BCUT2D eigenvalue weighted by Gasteiger charge is 2.43. The standard InChI is InChI=1S/C23H35NO4Si/c1-7-12-20(28-29(5,6)23(2,3)4)21(25)24-16-11-15-19(24)22(26)27-17-18-13-9-8-10-14-18/h7-10,13-14,19-20H,1,11-12,15-17H2,2-6H3/t19-,20+/m0/s1. The number of likely N-dealkylation sites (tertiary alicyclic amines) is 1. The fourth-order valence-electron chi connectivity index (χ4n) is 3.17. The molecular formula is C23H35NO4Si. The van der Waals surface area contributed by atoms with E-state index in [0.29, 0.717) is 19.4 Å². The zero-order chi connectivity index (χ0) is 21.7. The zero-order valence-corrected chi connectivity index (χ0v) is 19.4. The normalized spacial score (nSPS) is 18.4. The SMILES string of the molecule is C=CC[C@@H](O[Si](C)(C)C(C)(C)C)C(=O)N1CCC[C@H]1C(=O)OCc1ccccc1. The van der Waals surface area contributed by atoms with Crippen molar-refractivity contribution in [1.29, 1.82) is 0 Å². The monoisotopic (exact) mass is 417 g/mol. The van der Waals surface area contributed by atoms with Gasteiger partial charge in [-0.05, 0) is 43.0 Å². The van der Waals surface area contributed by atoms with E-state index in [9.17, 15) is 9.59 Å². The molecule has 0 N–H and O–H groups in total. The Kier molecular flexibility index (Phi) is 7.83. The van der Waals surface area contributed by atoms with E-state index < -0.39 is 20.5 Å². The van der Waals surface area contributed by atoms with Crippen LogP contribution in [0.25, 0.3) is 0 Å². The number of benzene rings is 1. The molecule has 6 heteroatoms. The maximum Gasteiger partial charge on any atom is 0.329 e. The van der Waals surface area contributed by atoms with Crippen LogP contribution >= 0.6 is 0 Å². The van der Waals surface area contributed by atoms with E-state index in [1.54, 1.807) is 11.0 Å². The van der Waals surface area contributed by atoms with E-state index in [2.05, 4.69) is 40.4 Å². The average Bonchev–Trinajstić information content (AvgIpc) is 3.15. The Morgan fingerprint density at radius 1 is 1.28 bits per heavy atom. The summed E-state index contributed by atoms with van der Waals surface area (Å²) in [5.74, 6) is -0.474. The summed E-state index contributed by atoms with van der Waals surface area (Å²) < 4.78 is 11.9. The van der Waals surface area contributed by atoms with Gasteiger partial charge in [0.15, 0.2) is 8.32 Å². The first-order chi connectivity index (χ1) is 13.6. The van der Waals surface area contributed by atoms with Gasteiger partial charge in [-0.15, -0.1) is 6.58 Å². The lowest BCUT2D eigenvalue weighted by atomic mass is 10.2. The molecule has 1 aliphatic rings. The van der Waals surface area contributed by atoms with Crippen LogP contribution in [-0.2, 0) is 25.4 Å². The summed E-state index contributed by atoms with van der Waals surface area (Å²) in [4.78, 5) is 27.6. The molecule has 29 heavy (non-hydrogen) atoms. The first-order valence-corrected chi connectivity index (χ1v) is 13.3. The fraction of sp³-hybridized carbons (Fsp3) is 0.565. The molecule has 1 aromatic rings. The minimum atomic E-state index is -2.14. The molecule has 0 unspecified atom stereocenters. The third kappa shape index (κ3) is 6.03. The Labute approximate surface area is 176 Å². The van der Waals surface area contributed by atoms with Crippen LogP contribution in [0.2, 0.25) is 18.1 Å². The number of hydrogen-bond donors (Lipinski definition) is 0. The lowest BCUT2D eigenvalue weighted by Gasteiger charge is -2.39. The van der Waals surface area contributed by atoms with Crippen molar-refractivity contribution in [3.8, 4) is 0 Å². The molecule has 0 aromatic heterocycles. The quantitative estimate of drug-likeness (QED) is 0.350. The summed E-state index contributed by atoms with van der Waals surface area (Å²) in [7, 11) is -2.14. The van der Waals surface area contributed by atoms with Gasteiger partial charge >= 0.3 is 5.97 Å². The van der Waals surface area contributed by atoms with Crippen LogP contribution < -0.4 is 0 Å². The number of esters is 1. The topological polar surface area (TPSA) is 55.8 Å². The Morgan fingerprint density at radius 2 is 1.93 bits per heavy atom. The second-order valence-corrected chi connectivity index (χ2v) is 13.9. The highest BCUT2D eigenvalue weighted by molar-refractivity contribution is 6.74. The molecule has 1 amide bonds. The van der Waals surface area contributed by atoms with Crippen molar-refractivity contribution in [3.63, 3.8) is 0 Å². The lowest BCUT2D eigenvalue weighted by molar-refractivity contribution is -0.156. The first kappa shape index (κ1) is 23.4. The molecule has 5 nitrogen and oxygen atoms in total. The van der Waals surface area contributed by atoms with E-state index in [1.807, 2.05) is 30.3 Å². The molecule has 0 aliphatic carbocycles. The van der Waals surface area contributed by atoms with Crippen LogP contribution in [0, 0.1) is 0 Å². The van der Waals surface area contributed by atoms with E-state index in [0.717, 1.165) is 12.0 Å². The van der Waals surface area contributed by atoms with Crippen molar-refractivity contribution >= 4 is 20.2 Å². The van der Waals surface area contributed by atoms with Crippen molar-refractivity contribution in [2.24, 2.45) is 0 Å². The minimum absolute atomic E-state index is 0.00821. The molecule has 1 aromatic carbocycles. The minimum Gasteiger partial charge on any atom is -0.459 e. The zero-order valence-electron chi connectivity index (χ0n) is 18.4. The van der Waals surface area contributed by atoms with Crippen LogP contribution in [0.1, 0.15) is 45.6 Å². The summed E-state index contributed by atoms with van der Waals surface area (Å²) in [5, 5.41) is -0.00821. The van der Waals surface area contributed by atoms with Gasteiger partial charge in [0.1, 0.15) is 18.8 Å². The van der Waals surface area contributed by atoms with Crippen molar-refractivity contribution in [2.45, 2.75) is 76.9 Å². The predicted molar refractivity (Wildman–Crippen MR) is 118 cm³/mol. The molecule has 1 aliphatic heterocycles. The summed E-state index contributed by atoms with van der Waals surface area (Å²) in [5.41, 5.74) is 0.933. The second-order valence-electron chi connectivity index (χ2n) is 9.17. The van der Waals surface area contributed by atoms with Gasteiger partial charge in [-0.2, -0.15) is 0 Å². The Bertz CT molecular complexity index is 711. The Hall–Kier alpha value is -1.92. The van der Waals surface area contributed by atoms with Crippen molar-refractivity contribution in [3.05, 3.63) is 48.6 Å². The van der Waals surface area contributed by atoms with E-state index in [1.165, 1.54) is 0 Å². The molecule has 160 valence electrons. The van der Waals surface area contributed by atoms with Crippen LogP contribution in [0.4, 0.5) is 0 Å². The lowest BCUT2D eigenvalue weighted by Crippen LogP contribution is -2.51. The van der Waals surface area contributed by atoms with Crippen LogP contribution in [-0.4, -0.2) is 43.8 Å². The smallest absolute Gasteiger partial charge is 0.329 e. The number of hydrogen-bond acceptors (Lipinski definition) is 4. The molecule has 0 saturated carbocycles. The number of rotatable bonds is 8. The molecule has 1 fully saturated rings. The third-order valence-electron chi connectivity index (χ3n) is 5.93. The molecular weight excluding hydrogens is 382 g/mol. The molecule has 1 heterocycles. The van der Waals surface area contributed by atoms with Crippen molar-refractivity contribution in [1.82, 2.24) is 4.90 Å². The Morgan fingerprint density at radius 3 is 2.52 bits per heavy atom. The first-order valence-electron chi connectivity index (χ1n) is 10.4. The van der Waals surface area contributed by atoms with Gasteiger partial charge in [-0.25, -0.2) is 4.79 Å². The Balaban J connectivity index is 2.07. The number of nitrogens with zero attached hydrogens (tertiary/aromatic N) is 1. The van der Waals surface area contributed by atoms with E-state index in [-0.39, 0.29) is 23.5 Å². The summed E-state index contributed by atoms with van der Waals surface area (Å²) in [6.07, 6.45) is 2.97. The molecule has 2 atom stereocenters. The van der Waals surface area contributed by atoms with Gasteiger partial charge < -0.3 is 14.1 Å². The highest BCUT2D eigenvalue weighted by Crippen LogP contribution is 2.38. The van der Waals surface area contributed by atoms with Gasteiger partial charge in [-0.1, -0.05) is 57.2 Å². The van der Waals surface area contributed by atoms with Crippen LogP contribution in [0.15, 0.2) is 43.0 Å². The number of ether oxygens (including phenoxy) is 1. The number of amides is 1. The van der Waals surface area contributed by atoms with E-state index >= 15 is 0 Å². The molecule has 0 bridgehead atoms. The fourth-order valence-corrected chi connectivity index (χ4v) is 4.43. The van der Waals surface area contributed by atoms with Gasteiger partial charge in [0.05, 0.1) is 0 Å². The van der Waals surface area contributed by atoms with Gasteiger partial charge in [0.25, 0.3) is 5.91 Å². The molecule has 0 radical (unpaired) electrons. The van der Waals surface area contributed by atoms with Gasteiger partial charge in [0.2, 0.25) is 0 Å². The maximum absolute atomic E-state index is 13.3. The van der Waals surface area contributed by atoms with Crippen LogP contribution in [0.3, 0.4) is 0 Å². The summed E-state index contributed by atoms with van der Waals surface area (Å²) in [6.45, 7) is 15.3. The molecule has 1 saturated heterocycles. The molecule has 2 rings (SSSR count). The van der Waals surface area contributed by atoms with Gasteiger partial charge in [0, 0.05) is 6.54 Å². The predicted octanol–water partition coefficient (Wildman–Crippen LogP) is 4.69.